The van der Waals surface area contributed by atoms with Gasteiger partial charge in [-0.05, 0) is 214 Å². The first-order chi connectivity index (χ1) is 66.0. The molecule has 0 heterocycles. The predicted octanol–water partition coefficient (Wildman–Crippen LogP) is 28.9. The monoisotopic (exact) mass is 1330 g/mol. The highest BCUT2D eigenvalue weighted by atomic mass is 14.3. The highest BCUT2D eigenvalue weighted by Gasteiger charge is 2.22. The lowest BCUT2D eigenvalue weighted by Crippen LogP contribution is -1.91. The third kappa shape index (κ3) is 10.4. The summed E-state index contributed by atoms with van der Waals surface area (Å²) in [7, 11) is 0. The Kier molecular flexibility index (Phi) is 8.28. The van der Waals surface area contributed by atoms with Gasteiger partial charge in [0.1, 0.15) is 0 Å². The lowest BCUT2D eigenvalue weighted by Gasteiger charge is -2.19. The van der Waals surface area contributed by atoms with Gasteiger partial charge < -0.3 is 0 Å². The predicted molar refractivity (Wildman–Crippen MR) is 442 cm³/mol. The smallest absolute Gasteiger partial charge is 0.0616 e. The number of benzene rings is 21. The van der Waals surface area contributed by atoms with Crippen molar-refractivity contribution in [1.82, 2.24) is 0 Å². The van der Waals surface area contributed by atoms with Crippen molar-refractivity contribution < 1.29 is 50.7 Å². The maximum Gasteiger partial charge on any atom is 0.0636 e. The molecule has 0 saturated heterocycles. The van der Waals surface area contributed by atoms with Crippen LogP contribution in [0.3, 0.4) is 0 Å². The zero-order valence-corrected chi connectivity index (χ0v) is 53.2. The average molecular weight is 1330 g/mol. The second kappa shape index (κ2) is 25.5. The molecule has 0 radical (unpaired) electrons. The van der Waals surface area contributed by atoms with Crippen molar-refractivity contribution in [3.63, 3.8) is 0 Å². The van der Waals surface area contributed by atoms with Gasteiger partial charge in [0, 0.05) is 0 Å². The summed E-state index contributed by atoms with van der Waals surface area (Å²) in [5.41, 5.74) is 2.27. The molecule has 0 aliphatic rings. The van der Waals surface area contributed by atoms with Crippen molar-refractivity contribution in [2.45, 2.75) is 0 Å². The van der Waals surface area contributed by atoms with E-state index < -0.39 is 210 Å². The summed E-state index contributed by atoms with van der Waals surface area (Å²) in [6.45, 7) is 0. The van der Waals surface area contributed by atoms with Crippen molar-refractivity contribution in [3.05, 3.63) is 399 Å². The quantitative estimate of drug-likeness (QED) is 0.146. The van der Waals surface area contributed by atoms with Gasteiger partial charge in [-0.3, -0.25) is 0 Å². The Morgan fingerprint density at radius 2 is 0.461 bits per heavy atom. The lowest BCUT2D eigenvalue weighted by molar-refractivity contribution is 1.68. The summed E-state index contributed by atoms with van der Waals surface area (Å²) in [6, 6.07) is 33.4. The molecule has 21 aromatic rings. The largest absolute Gasteiger partial charge is 0.0636 e. The molecule has 21 rings (SSSR count). The number of fused-ring (bicyclic) bond motifs is 12. The molecule has 0 bridgehead atoms. The van der Waals surface area contributed by atoms with E-state index in [0.29, 0.717) is 60.5 Å². The van der Waals surface area contributed by atoms with E-state index in [1.54, 1.807) is 72.8 Å². The van der Waals surface area contributed by atoms with Crippen molar-refractivity contribution in [2.24, 2.45) is 0 Å². The molecular weight excluding hydrogens is 1230 g/mol. The highest BCUT2D eigenvalue weighted by molar-refractivity contribution is 6.27. The van der Waals surface area contributed by atoms with Gasteiger partial charge in [0.2, 0.25) is 0 Å². The molecule has 0 unspecified atom stereocenters. The summed E-state index contributed by atoms with van der Waals surface area (Å²) in [5.74, 6) is 0. The second-order valence-electron chi connectivity index (χ2n) is 24.0. The Morgan fingerprint density at radius 1 is 0.147 bits per heavy atom. The van der Waals surface area contributed by atoms with Crippen LogP contribution in [0, 0.1) is 0 Å². The molecule has 0 atom stereocenters. The maximum atomic E-state index is 9.27. The average Bonchev–Trinajstić information content (AvgIpc) is 0.702. The first kappa shape index (κ1) is 33.1. The van der Waals surface area contributed by atoms with Crippen LogP contribution in [0.1, 0.15) is 50.7 Å². The molecule has 0 N–H and O–H groups in total. The van der Waals surface area contributed by atoms with Gasteiger partial charge in [0.05, 0.1) is 50.7 Å². The zero-order chi connectivity index (χ0) is 99.7. The van der Waals surface area contributed by atoms with E-state index in [9.17, 15) is 1.37 Å². The van der Waals surface area contributed by atoms with Crippen molar-refractivity contribution in [1.29, 1.82) is 0 Å². The molecule has 0 aliphatic carbocycles. The highest BCUT2D eigenvalue weighted by Crippen LogP contribution is 2.50. The van der Waals surface area contributed by atoms with Gasteiger partial charge in [0.25, 0.3) is 0 Å². The molecule has 102 heavy (non-hydrogen) atoms. The van der Waals surface area contributed by atoms with Gasteiger partial charge in [0.15, 0.2) is 0 Å². The van der Waals surface area contributed by atoms with Gasteiger partial charge in [-0.2, -0.15) is 0 Å². The number of rotatable bonds is 6. The second-order valence-corrected chi connectivity index (χ2v) is 24.0. The fraction of sp³-hybridized carbons (Fsp3) is 0. The van der Waals surface area contributed by atoms with E-state index >= 15 is 0 Å². The zero-order valence-electron chi connectivity index (χ0n) is 90.2. The molecule has 0 nitrogen and oxygen atoms in total. The summed E-state index contributed by atoms with van der Waals surface area (Å²) in [5, 5.41) is 5.42. The fourth-order valence-corrected chi connectivity index (χ4v) is 14.1. The SMILES string of the molecule is [2H]c1c([2H])c([2H])c2c(-c3c4c([2H])c([2H])c([2H])c([2H])c4c(-c4ccc5ccccc5c4)c4c([2H])c([2H])c([2H])c([2H])c34)c([2H])c([2H])c([2H])c2c1[2H].[2H]c1c([2H])c([2H])c2c(-c3cccc4ccccc34)c3c([2H])c([2H])c([2H])c([2H])c3c(-c3ccc4ccccc4c3)c2c1[2H].[2H]c1c([2H])c([2H])c2c([2H])c(-c3c4ccccc4c(-c4c([2H])c([2H])c([2H])c5c([2H])c([2H])c([2H])c([2H])c45)c4ccccc34)c([2H])c([2H])c2c1[2H]. The Bertz CT molecular complexity index is 8990. The number of hydrogen-bond donors (Lipinski definition) is 0. The van der Waals surface area contributed by atoms with Gasteiger partial charge >= 0.3 is 0 Å². The third-order valence-electron chi connectivity index (χ3n) is 18.4. The maximum absolute atomic E-state index is 9.27. The lowest BCUT2D eigenvalue weighted by atomic mass is 9.84. The van der Waals surface area contributed by atoms with Crippen LogP contribution >= 0.6 is 0 Å². The first-order valence-electron chi connectivity index (χ1n) is 50.9. The van der Waals surface area contributed by atoms with Crippen molar-refractivity contribution >= 4 is 129 Å². The minimum absolute atomic E-state index is 0.0166. The van der Waals surface area contributed by atoms with E-state index in [-0.39, 0.29) is 117 Å². The van der Waals surface area contributed by atoms with Gasteiger partial charge in [-0.1, -0.05) is 381 Å². The van der Waals surface area contributed by atoms with Crippen LogP contribution in [0.4, 0.5) is 0 Å². The Morgan fingerprint density at radius 3 is 0.922 bits per heavy atom. The molecule has 0 aliphatic heterocycles. The van der Waals surface area contributed by atoms with Crippen LogP contribution in [0.5, 0.6) is 0 Å². The number of hydrogen-bond acceptors (Lipinski definition) is 0. The van der Waals surface area contributed by atoms with Crippen LogP contribution in [0.15, 0.2) is 399 Å². The summed E-state index contributed by atoms with van der Waals surface area (Å²) >= 11 is 0. The molecule has 0 aromatic heterocycles. The van der Waals surface area contributed by atoms with Gasteiger partial charge in [-0.25, -0.2) is 0 Å². The molecule has 474 valence electrons. The van der Waals surface area contributed by atoms with E-state index in [1.165, 1.54) is 0 Å². The van der Waals surface area contributed by atoms with Gasteiger partial charge in [-0.15, -0.1) is 0 Å². The third-order valence-corrected chi connectivity index (χ3v) is 18.4. The molecular formula is C102H66. The summed E-state index contributed by atoms with van der Waals surface area (Å²) in [6.07, 6.45) is 0. The topological polar surface area (TPSA) is 0 Å². The molecule has 0 spiro atoms. The normalized spacial score (nSPS) is 16.6. The van der Waals surface area contributed by atoms with Crippen LogP contribution in [-0.2, 0) is 0 Å². The standard InChI is InChI=1S/3C34H22/c3*1-2-12-25-22-26(21-20-23(25)10-1)33-29-15-5-7-17-31(29)34(32-18-8-6-16-30(32)33)28-19-9-13-24-11-3-4-14-27(24)28/h3*1-22H/i3D,4D,5D,6D,7D,8D,9D,11D,13D,14D,15D,16D,17D,18D,19D;1D,2D,3D,4D,9D,10D,11D,12D,13D,14D,19D,20D,21D,22D;5D,6D,7D,8D,15D,16D,17D,18D. The molecule has 0 amide bonds. The Labute approximate surface area is 644 Å². The molecule has 21 aromatic carbocycles. The fourth-order valence-electron chi connectivity index (χ4n) is 14.1. The van der Waals surface area contributed by atoms with E-state index in [4.69, 9.17) is 49.3 Å². The molecule has 0 saturated carbocycles. The van der Waals surface area contributed by atoms with Crippen LogP contribution < -0.4 is 0 Å². The first-order valence-corrected chi connectivity index (χ1v) is 32.4. The van der Waals surface area contributed by atoms with Crippen molar-refractivity contribution in [3.8, 4) is 66.8 Å². The van der Waals surface area contributed by atoms with E-state index in [2.05, 4.69) is 0 Å². The molecule has 0 heteroatoms. The summed E-state index contributed by atoms with van der Waals surface area (Å²) in [4.78, 5) is 0. The van der Waals surface area contributed by atoms with Crippen molar-refractivity contribution in [2.75, 3.05) is 0 Å². The minimum atomic E-state index is -0.742. The van der Waals surface area contributed by atoms with E-state index in [1.807, 2.05) is 103 Å². The van der Waals surface area contributed by atoms with E-state index in [0.717, 1.165) is 32.3 Å². The van der Waals surface area contributed by atoms with Crippen LogP contribution in [0.25, 0.3) is 196 Å². The molecule has 0 fully saturated rings. The van der Waals surface area contributed by atoms with Crippen LogP contribution in [-0.4, -0.2) is 0 Å². The Balaban J connectivity index is 0.000000133. The summed E-state index contributed by atoms with van der Waals surface area (Å²) < 4.78 is 324. The van der Waals surface area contributed by atoms with Crippen LogP contribution in [0.2, 0.25) is 0 Å². The minimum Gasteiger partial charge on any atom is -0.0616 e. The Hall–Kier alpha value is -13.3.